The van der Waals surface area contributed by atoms with Gasteiger partial charge < -0.3 is 20.4 Å². The molecule has 1 heterocycles. The zero-order valence-corrected chi connectivity index (χ0v) is 13.6. The Kier molecular flexibility index (Phi) is 8.02. The van der Waals surface area contributed by atoms with Crippen LogP contribution in [0.4, 0.5) is 0 Å². The second kappa shape index (κ2) is 9.26. The molecule has 2 N–H and O–H groups in total. The Morgan fingerprint density at radius 3 is 2.40 bits per heavy atom. The molecule has 1 fully saturated rings. The van der Waals surface area contributed by atoms with Gasteiger partial charge in [0, 0.05) is 46.1 Å². The summed E-state index contributed by atoms with van der Waals surface area (Å²) in [5.41, 5.74) is 5.44. The molecule has 0 aromatic carbocycles. The van der Waals surface area contributed by atoms with E-state index in [4.69, 9.17) is 18.0 Å². The van der Waals surface area contributed by atoms with E-state index in [2.05, 4.69) is 16.8 Å². The molecule has 0 spiro atoms. The summed E-state index contributed by atoms with van der Waals surface area (Å²) in [5.74, 6) is 0.161. The summed E-state index contributed by atoms with van der Waals surface area (Å²) in [5, 5.41) is 0. The van der Waals surface area contributed by atoms with E-state index in [1.165, 1.54) is 25.9 Å². The van der Waals surface area contributed by atoms with Crippen molar-refractivity contribution in [1.29, 1.82) is 0 Å². The van der Waals surface area contributed by atoms with E-state index in [0.717, 1.165) is 19.6 Å². The number of rotatable bonds is 9. The van der Waals surface area contributed by atoms with Gasteiger partial charge in [-0.05, 0) is 33.0 Å². The van der Waals surface area contributed by atoms with E-state index in [1.807, 2.05) is 7.05 Å². The summed E-state index contributed by atoms with van der Waals surface area (Å²) in [6.45, 7) is 6.03. The van der Waals surface area contributed by atoms with E-state index >= 15 is 0 Å². The van der Waals surface area contributed by atoms with Gasteiger partial charge >= 0.3 is 0 Å². The average molecular weight is 300 g/mol. The van der Waals surface area contributed by atoms with Crippen molar-refractivity contribution in [1.82, 2.24) is 14.7 Å². The number of carbonyl (C=O) groups excluding carboxylic acids is 1. The van der Waals surface area contributed by atoms with Gasteiger partial charge in [-0.2, -0.15) is 0 Å². The molecule has 0 atom stereocenters. The van der Waals surface area contributed by atoms with Gasteiger partial charge in [0.25, 0.3) is 0 Å². The van der Waals surface area contributed by atoms with Gasteiger partial charge in [-0.1, -0.05) is 12.2 Å². The highest BCUT2D eigenvalue weighted by molar-refractivity contribution is 7.80. The highest BCUT2D eigenvalue weighted by Crippen LogP contribution is 2.06. The molecule has 1 aliphatic rings. The summed E-state index contributed by atoms with van der Waals surface area (Å²) in [6, 6.07) is 0. The fourth-order valence-corrected chi connectivity index (χ4v) is 2.40. The molecule has 0 aliphatic carbocycles. The first-order valence-electron chi connectivity index (χ1n) is 7.42. The number of hydrogen-bond acceptors (Lipinski definition) is 4. The maximum atomic E-state index is 11.9. The average Bonchev–Trinajstić information content (AvgIpc) is 2.92. The lowest BCUT2D eigenvalue weighted by molar-refractivity contribution is -0.130. The van der Waals surface area contributed by atoms with Crippen LogP contribution < -0.4 is 5.73 Å². The standard InChI is InChI=1S/C14H28N4OS/c1-16(11-12-18-7-3-4-8-18)9-6-14(19)17(2)10-5-13(15)20/h3-12H2,1-2H3,(H2,15,20). The monoisotopic (exact) mass is 300 g/mol. The SMILES string of the molecule is CN(CCC(=O)N(C)CCC(N)=S)CCN1CCCC1. The minimum Gasteiger partial charge on any atom is -0.393 e. The van der Waals surface area contributed by atoms with Crippen LogP contribution in [-0.2, 0) is 4.79 Å². The van der Waals surface area contributed by atoms with Crippen molar-refractivity contribution in [3.05, 3.63) is 0 Å². The minimum atomic E-state index is 0.161. The van der Waals surface area contributed by atoms with Crippen molar-refractivity contribution in [2.75, 3.05) is 53.4 Å². The minimum absolute atomic E-state index is 0.161. The number of thiocarbonyl (C=S) groups is 1. The third-order valence-electron chi connectivity index (χ3n) is 3.82. The van der Waals surface area contributed by atoms with E-state index < -0.39 is 0 Å². The number of likely N-dealkylation sites (N-methyl/N-ethyl adjacent to an activating group) is 1. The molecule has 116 valence electrons. The van der Waals surface area contributed by atoms with Crippen molar-refractivity contribution < 1.29 is 4.79 Å². The normalized spacial score (nSPS) is 15.8. The molecular weight excluding hydrogens is 272 g/mol. The molecule has 1 rings (SSSR count). The first kappa shape index (κ1) is 17.3. The first-order chi connectivity index (χ1) is 9.49. The summed E-state index contributed by atoms with van der Waals surface area (Å²) in [7, 11) is 3.89. The number of amides is 1. The fourth-order valence-electron chi connectivity index (χ4n) is 2.31. The molecule has 5 nitrogen and oxygen atoms in total. The summed E-state index contributed by atoms with van der Waals surface area (Å²) < 4.78 is 0. The van der Waals surface area contributed by atoms with Gasteiger partial charge in [0.2, 0.25) is 5.91 Å². The van der Waals surface area contributed by atoms with Crippen LogP contribution >= 0.6 is 12.2 Å². The van der Waals surface area contributed by atoms with Crippen LogP contribution in [0.1, 0.15) is 25.7 Å². The maximum absolute atomic E-state index is 11.9. The Balaban J connectivity index is 2.10. The van der Waals surface area contributed by atoms with Crippen molar-refractivity contribution in [2.24, 2.45) is 5.73 Å². The van der Waals surface area contributed by atoms with E-state index in [-0.39, 0.29) is 5.91 Å². The van der Waals surface area contributed by atoms with Gasteiger partial charge in [0.1, 0.15) is 0 Å². The quantitative estimate of drug-likeness (QED) is 0.630. The van der Waals surface area contributed by atoms with Crippen LogP contribution in [0.5, 0.6) is 0 Å². The van der Waals surface area contributed by atoms with Gasteiger partial charge in [-0.25, -0.2) is 0 Å². The smallest absolute Gasteiger partial charge is 0.223 e. The topological polar surface area (TPSA) is 52.8 Å². The number of hydrogen-bond donors (Lipinski definition) is 1. The Labute approximate surface area is 128 Å². The number of nitrogens with zero attached hydrogens (tertiary/aromatic N) is 3. The Morgan fingerprint density at radius 2 is 1.80 bits per heavy atom. The highest BCUT2D eigenvalue weighted by Gasteiger charge is 2.13. The molecule has 0 unspecified atom stereocenters. The first-order valence-corrected chi connectivity index (χ1v) is 7.83. The van der Waals surface area contributed by atoms with Crippen molar-refractivity contribution in [3.63, 3.8) is 0 Å². The maximum Gasteiger partial charge on any atom is 0.223 e. The molecule has 0 aromatic heterocycles. The zero-order valence-electron chi connectivity index (χ0n) is 12.8. The third kappa shape index (κ3) is 7.17. The van der Waals surface area contributed by atoms with Crippen molar-refractivity contribution >= 4 is 23.1 Å². The molecule has 0 saturated carbocycles. The molecule has 0 aromatic rings. The molecule has 1 amide bonds. The molecule has 20 heavy (non-hydrogen) atoms. The number of nitrogens with two attached hydrogens (primary N) is 1. The lowest BCUT2D eigenvalue weighted by Crippen LogP contribution is -2.35. The summed E-state index contributed by atoms with van der Waals surface area (Å²) in [4.78, 5) is 18.8. The Morgan fingerprint density at radius 1 is 1.15 bits per heavy atom. The van der Waals surface area contributed by atoms with Gasteiger partial charge in [-0.15, -0.1) is 0 Å². The largest absolute Gasteiger partial charge is 0.393 e. The van der Waals surface area contributed by atoms with Gasteiger partial charge in [-0.3, -0.25) is 4.79 Å². The lowest BCUT2D eigenvalue weighted by Gasteiger charge is -2.22. The predicted octanol–water partition coefficient (Wildman–Crippen LogP) is 0.539. The van der Waals surface area contributed by atoms with E-state index in [9.17, 15) is 4.79 Å². The van der Waals surface area contributed by atoms with Gasteiger partial charge in [0.05, 0.1) is 4.99 Å². The number of likely N-dealkylation sites (tertiary alicyclic amines) is 1. The molecule has 0 bridgehead atoms. The molecule has 1 aliphatic heterocycles. The highest BCUT2D eigenvalue weighted by atomic mass is 32.1. The Hall–Kier alpha value is -0.720. The fraction of sp³-hybridized carbons (Fsp3) is 0.857. The van der Waals surface area contributed by atoms with Crippen LogP contribution in [0, 0.1) is 0 Å². The van der Waals surface area contributed by atoms with Crippen LogP contribution in [0.2, 0.25) is 0 Å². The van der Waals surface area contributed by atoms with Crippen LogP contribution in [0.3, 0.4) is 0 Å². The molecular formula is C14H28N4OS. The third-order valence-corrected chi connectivity index (χ3v) is 4.03. The van der Waals surface area contributed by atoms with E-state index in [1.54, 1.807) is 4.90 Å². The second-order valence-electron chi connectivity index (χ2n) is 5.63. The van der Waals surface area contributed by atoms with Gasteiger partial charge in [0.15, 0.2) is 0 Å². The molecule has 0 radical (unpaired) electrons. The summed E-state index contributed by atoms with van der Waals surface area (Å²) >= 11 is 4.82. The number of carbonyl (C=O) groups is 1. The predicted molar refractivity (Wildman–Crippen MR) is 86.8 cm³/mol. The molecule has 6 heteroatoms. The van der Waals surface area contributed by atoms with Crippen molar-refractivity contribution in [2.45, 2.75) is 25.7 Å². The zero-order chi connectivity index (χ0) is 15.0. The van der Waals surface area contributed by atoms with Crippen LogP contribution in [0.25, 0.3) is 0 Å². The molecule has 1 saturated heterocycles. The van der Waals surface area contributed by atoms with E-state index in [0.29, 0.717) is 24.4 Å². The lowest BCUT2D eigenvalue weighted by atomic mass is 10.3. The van der Waals surface area contributed by atoms with Crippen LogP contribution in [0.15, 0.2) is 0 Å². The van der Waals surface area contributed by atoms with Crippen LogP contribution in [-0.4, -0.2) is 79.0 Å². The Bertz CT molecular complexity index is 318. The second-order valence-corrected chi connectivity index (χ2v) is 6.16. The van der Waals surface area contributed by atoms with Crippen molar-refractivity contribution in [3.8, 4) is 0 Å². The summed E-state index contributed by atoms with van der Waals surface area (Å²) in [6.07, 6.45) is 3.82.